The Labute approximate surface area is 122 Å². The van der Waals surface area contributed by atoms with E-state index in [1.165, 1.54) is 17.7 Å². The Kier molecular flexibility index (Phi) is 3.84. The molecule has 1 aromatic carbocycles. The van der Waals surface area contributed by atoms with Crippen molar-refractivity contribution in [3.63, 3.8) is 0 Å². The monoisotopic (exact) mass is 294 g/mol. The smallest absolute Gasteiger partial charge is 0.178 e. The number of aromatic amines is 1. The number of hydrogen-bond acceptors (Lipinski definition) is 3. The van der Waals surface area contributed by atoms with Crippen LogP contribution >= 0.6 is 24.0 Å². The lowest BCUT2D eigenvalue weighted by Crippen LogP contribution is -2.07. The Morgan fingerprint density at radius 2 is 2.42 bits per heavy atom. The van der Waals surface area contributed by atoms with Crippen LogP contribution in [0.4, 0.5) is 0 Å². The van der Waals surface area contributed by atoms with Crippen molar-refractivity contribution in [2.24, 2.45) is 0 Å². The molecule has 0 saturated carbocycles. The number of aromatic nitrogens is 2. The van der Waals surface area contributed by atoms with Crippen LogP contribution in [0.25, 0.3) is 11.0 Å². The van der Waals surface area contributed by atoms with Gasteiger partial charge in [0.15, 0.2) is 4.77 Å². The predicted octanol–water partition coefficient (Wildman–Crippen LogP) is 4.17. The van der Waals surface area contributed by atoms with Crippen molar-refractivity contribution in [3.05, 3.63) is 23.0 Å². The lowest BCUT2D eigenvalue weighted by molar-refractivity contribution is 0.320. The Bertz CT molecular complexity index is 626. The summed E-state index contributed by atoms with van der Waals surface area (Å²) in [7, 11) is 0. The SMILES string of the molecule is CCCOc1cccc2c1[nH]c(=S)n2C1CCSC1. The minimum absolute atomic E-state index is 0.521. The van der Waals surface area contributed by atoms with Crippen molar-refractivity contribution in [2.45, 2.75) is 25.8 Å². The van der Waals surface area contributed by atoms with E-state index in [1.54, 1.807) is 0 Å². The number of rotatable bonds is 4. The van der Waals surface area contributed by atoms with E-state index in [4.69, 9.17) is 17.0 Å². The van der Waals surface area contributed by atoms with Crippen LogP contribution in [0, 0.1) is 4.77 Å². The summed E-state index contributed by atoms with van der Waals surface area (Å²) in [6.45, 7) is 2.85. The number of H-pyrrole nitrogens is 1. The average Bonchev–Trinajstić information content (AvgIpc) is 3.02. The summed E-state index contributed by atoms with van der Waals surface area (Å²) in [5, 5.41) is 0. The van der Waals surface area contributed by atoms with E-state index < -0.39 is 0 Å². The number of nitrogens with zero attached hydrogens (tertiary/aromatic N) is 1. The third-order valence-corrected chi connectivity index (χ3v) is 4.89. The van der Waals surface area contributed by atoms with Crippen molar-refractivity contribution in [3.8, 4) is 5.75 Å². The summed E-state index contributed by atoms with van der Waals surface area (Å²) < 4.78 is 8.89. The van der Waals surface area contributed by atoms with Crippen LogP contribution in [0.5, 0.6) is 5.75 Å². The number of fused-ring (bicyclic) bond motifs is 1. The third kappa shape index (κ3) is 2.41. The van der Waals surface area contributed by atoms with E-state index in [2.05, 4.69) is 28.6 Å². The van der Waals surface area contributed by atoms with E-state index in [-0.39, 0.29) is 0 Å². The van der Waals surface area contributed by atoms with Gasteiger partial charge < -0.3 is 14.3 Å². The molecule has 0 spiro atoms. The summed E-state index contributed by atoms with van der Waals surface area (Å²) >= 11 is 7.51. The van der Waals surface area contributed by atoms with Crippen molar-refractivity contribution < 1.29 is 4.74 Å². The summed E-state index contributed by atoms with van der Waals surface area (Å²) in [4.78, 5) is 3.32. The number of benzene rings is 1. The van der Waals surface area contributed by atoms with Gasteiger partial charge in [-0.15, -0.1) is 0 Å². The topological polar surface area (TPSA) is 29.9 Å². The minimum atomic E-state index is 0.521. The van der Waals surface area contributed by atoms with Gasteiger partial charge in [-0.2, -0.15) is 11.8 Å². The lowest BCUT2D eigenvalue weighted by Gasteiger charge is -2.12. The zero-order valence-corrected chi connectivity index (χ0v) is 12.6. The maximum atomic E-state index is 5.80. The highest BCUT2D eigenvalue weighted by Gasteiger charge is 2.21. The summed E-state index contributed by atoms with van der Waals surface area (Å²) in [5.41, 5.74) is 2.21. The van der Waals surface area contributed by atoms with Gasteiger partial charge in [0.25, 0.3) is 0 Å². The molecule has 19 heavy (non-hydrogen) atoms. The first-order valence-electron chi connectivity index (χ1n) is 6.75. The highest BCUT2D eigenvalue weighted by Crippen LogP contribution is 2.33. The number of hydrogen-bond donors (Lipinski definition) is 1. The molecule has 1 aliphatic heterocycles. The van der Waals surface area contributed by atoms with Crippen molar-refractivity contribution in [1.29, 1.82) is 0 Å². The van der Waals surface area contributed by atoms with Crippen LogP contribution in [-0.4, -0.2) is 27.7 Å². The molecule has 1 aliphatic rings. The largest absolute Gasteiger partial charge is 0.491 e. The fourth-order valence-corrected chi connectivity index (χ4v) is 4.09. The molecule has 1 fully saturated rings. The van der Waals surface area contributed by atoms with Gasteiger partial charge in [0.1, 0.15) is 11.3 Å². The van der Waals surface area contributed by atoms with Crippen molar-refractivity contribution in [2.75, 3.05) is 18.1 Å². The minimum Gasteiger partial charge on any atom is -0.491 e. The summed E-state index contributed by atoms with van der Waals surface area (Å²) in [6.07, 6.45) is 2.21. The second-order valence-corrected chi connectivity index (χ2v) is 6.35. The molecule has 1 N–H and O–H groups in total. The number of ether oxygens (including phenoxy) is 1. The fraction of sp³-hybridized carbons (Fsp3) is 0.500. The first kappa shape index (κ1) is 13.1. The fourth-order valence-electron chi connectivity index (χ4n) is 2.54. The van der Waals surface area contributed by atoms with E-state index in [9.17, 15) is 0 Å². The van der Waals surface area contributed by atoms with E-state index in [0.717, 1.165) is 34.8 Å². The normalized spacial score (nSPS) is 19.1. The van der Waals surface area contributed by atoms with Crippen molar-refractivity contribution >= 4 is 35.0 Å². The van der Waals surface area contributed by atoms with Gasteiger partial charge >= 0.3 is 0 Å². The molecular weight excluding hydrogens is 276 g/mol. The zero-order chi connectivity index (χ0) is 13.2. The molecule has 0 bridgehead atoms. The summed E-state index contributed by atoms with van der Waals surface area (Å²) in [5.74, 6) is 3.29. The van der Waals surface area contributed by atoms with Gasteiger partial charge in [-0.3, -0.25) is 0 Å². The lowest BCUT2D eigenvalue weighted by atomic mass is 10.2. The van der Waals surface area contributed by atoms with Gasteiger partial charge in [-0.25, -0.2) is 0 Å². The second-order valence-electron chi connectivity index (χ2n) is 4.82. The van der Waals surface area contributed by atoms with Crippen LogP contribution in [0.15, 0.2) is 18.2 Å². The maximum Gasteiger partial charge on any atom is 0.178 e. The van der Waals surface area contributed by atoms with E-state index in [1.807, 2.05) is 17.8 Å². The Balaban J connectivity index is 2.08. The molecule has 1 atom stereocenters. The van der Waals surface area contributed by atoms with E-state index >= 15 is 0 Å². The molecule has 0 amide bonds. The number of para-hydroxylation sites is 1. The molecule has 2 heterocycles. The number of nitrogens with one attached hydrogen (secondary N) is 1. The van der Waals surface area contributed by atoms with Gasteiger partial charge in [-0.05, 0) is 42.9 Å². The van der Waals surface area contributed by atoms with Crippen LogP contribution < -0.4 is 4.74 Å². The molecule has 0 radical (unpaired) electrons. The molecule has 3 nitrogen and oxygen atoms in total. The first-order chi connectivity index (χ1) is 9.31. The molecule has 1 aromatic heterocycles. The van der Waals surface area contributed by atoms with Crippen LogP contribution in [0.2, 0.25) is 0 Å². The van der Waals surface area contributed by atoms with Gasteiger partial charge in [0, 0.05) is 11.8 Å². The number of thioether (sulfide) groups is 1. The zero-order valence-electron chi connectivity index (χ0n) is 11.0. The van der Waals surface area contributed by atoms with Gasteiger partial charge in [0.05, 0.1) is 12.1 Å². The second kappa shape index (κ2) is 5.59. The standard InChI is InChI=1S/C14H18N2OS2/c1-2-7-17-12-5-3-4-11-13(12)15-14(18)16(11)10-6-8-19-9-10/h3-5,10H,2,6-9H2,1H3,(H,15,18). The highest BCUT2D eigenvalue weighted by atomic mass is 32.2. The molecule has 5 heteroatoms. The van der Waals surface area contributed by atoms with Gasteiger partial charge in [0.2, 0.25) is 0 Å². The molecule has 102 valence electrons. The molecule has 1 unspecified atom stereocenters. The van der Waals surface area contributed by atoms with Crippen molar-refractivity contribution in [1.82, 2.24) is 9.55 Å². The van der Waals surface area contributed by atoms with Crippen LogP contribution in [-0.2, 0) is 0 Å². The number of imidazole rings is 1. The summed E-state index contributed by atoms with van der Waals surface area (Å²) in [6, 6.07) is 6.71. The third-order valence-electron chi connectivity index (χ3n) is 3.45. The van der Waals surface area contributed by atoms with Gasteiger partial charge in [-0.1, -0.05) is 13.0 Å². The van der Waals surface area contributed by atoms with E-state index in [0.29, 0.717) is 6.04 Å². The molecule has 1 saturated heterocycles. The first-order valence-corrected chi connectivity index (χ1v) is 8.31. The Morgan fingerprint density at radius 3 is 3.16 bits per heavy atom. The highest BCUT2D eigenvalue weighted by molar-refractivity contribution is 7.99. The molecule has 2 aromatic rings. The maximum absolute atomic E-state index is 5.80. The Morgan fingerprint density at radius 1 is 1.53 bits per heavy atom. The average molecular weight is 294 g/mol. The van der Waals surface area contributed by atoms with Crippen LogP contribution in [0.3, 0.4) is 0 Å². The quantitative estimate of drug-likeness (QED) is 0.859. The molecule has 3 rings (SSSR count). The van der Waals surface area contributed by atoms with Crippen LogP contribution in [0.1, 0.15) is 25.8 Å². The Hall–Kier alpha value is -0.940. The molecule has 0 aliphatic carbocycles. The molecular formula is C14H18N2OS2. The predicted molar refractivity (Wildman–Crippen MR) is 83.9 cm³/mol.